The molecule has 1 aromatic rings. The average Bonchev–Trinajstić information content (AvgIpc) is 2.15. The fourth-order valence-corrected chi connectivity index (χ4v) is 1.45. The lowest BCUT2D eigenvalue weighted by molar-refractivity contribution is -0.138. The van der Waals surface area contributed by atoms with Crippen molar-refractivity contribution in [1.82, 2.24) is 0 Å². The van der Waals surface area contributed by atoms with Gasteiger partial charge in [-0.05, 0) is 12.1 Å². The molecule has 7 heteroatoms. The first-order valence-corrected chi connectivity index (χ1v) is 4.56. The highest BCUT2D eigenvalue weighted by molar-refractivity contribution is 9.10. The highest BCUT2D eigenvalue weighted by Gasteiger charge is 2.33. The van der Waals surface area contributed by atoms with E-state index in [9.17, 15) is 13.2 Å². The van der Waals surface area contributed by atoms with Gasteiger partial charge in [-0.2, -0.15) is 18.3 Å². The number of benzene rings is 1. The summed E-state index contributed by atoms with van der Waals surface area (Å²) in [5, 5.41) is 3.12. The molecule has 0 saturated heterocycles. The zero-order valence-corrected chi connectivity index (χ0v) is 8.93. The number of hydrogen-bond acceptors (Lipinski definition) is 2. The second-order valence-electron chi connectivity index (χ2n) is 2.71. The van der Waals surface area contributed by atoms with Gasteiger partial charge >= 0.3 is 6.18 Å². The first-order valence-electron chi connectivity index (χ1n) is 3.76. The van der Waals surface area contributed by atoms with Crippen LogP contribution in [0.1, 0.15) is 11.1 Å². The zero-order valence-electron chi connectivity index (χ0n) is 7.35. The summed E-state index contributed by atoms with van der Waals surface area (Å²) in [6, 6.07) is 3.52. The van der Waals surface area contributed by atoms with Crippen LogP contribution in [0.4, 0.5) is 13.2 Å². The molecule has 0 heterocycles. The molecule has 0 aliphatic rings. The van der Waals surface area contributed by atoms with Crippen LogP contribution in [-0.4, -0.2) is 5.84 Å². The van der Waals surface area contributed by atoms with Gasteiger partial charge in [0, 0.05) is 10.0 Å². The fourth-order valence-electron chi connectivity index (χ4n) is 0.976. The van der Waals surface area contributed by atoms with E-state index in [2.05, 4.69) is 21.0 Å². The van der Waals surface area contributed by atoms with Gasteiger partial charge in [0.05, 0.1) is 5.56 Å². The second kappa shape index (κ2) is 4.09. The Morgan fingerprint density at radius 2 is 1.93 bits per heavy atom. The maximum Gasteiger partial charge on any atom is 0.417 e. The van der Waals surface area contributed by atoms with Gasteiger partial charge in [-0.25, -0.2) is 0 Å². The monoisotopic (exact) mass is 281 g/mol. The summed E-state index contributed by atoms with van der Waals surface area (Å²) in [6.45, 7) is 0. The number of alkyl halides is 3. The molecule has 1 rings (SSSR count). The Balaban J connectivity index is 3.29. The van der Waals surface area contributed by atoms with Crippen molar-refractivity contribution in [1.29, 1.82) is 0 Å². The Kier molecular flexibility index (Phi) is 3.23. The van der Waals surface area contributed by atoms with Gasteiger partial charge in [0.1, 0.15) is 5.84 Å². The molecule has 0 aliphatic heterocycles. The first-order chi connectivity index (χ1) is 6.86. The number of rotatable bonds is 1. The van der Waals surface area contributed by atoms with E-state index in [1.807, 2.05) is 0 Å². The molecule has 0 aliphatic carbocycles. The maximum absolute atomic E-state index is 12.5. The quantitative estimate of drug-likeness (QED) is 0.358. The van der Waals surface area contributed by atoms with Crippen molar-refractivity contribution < 1.29 is 13.2 Å². The highest BCUT2D eigenvalue weighted by Crippen LogP contribution is 2.35. The predicted octanol–water partition coefficient (Wildman–Crippen LogP) is 2.05. The number of nitrogens with zero attached hydrogens (tertiary/aromatic N) is 1. The Morgan fingerprint density at radius 1 is 1.33 bits per heavy atom. The van der Waals surface area contributed by atoms with Gasteiger partial charge in [0.15, 0.2) is 0 Å². The van der Waals surface area contributed by atoms with Crippen molar-refractivity contribution in [3.63, 3.8) is 0 Å². The molecule has 4 N–H and O–H groups in total. The third kappa shape index (κ3) is 2.62. The molecule has 0 bridgehead atoms. The Hall–Kier alpha value is -1.24. The van der Waals surface area contributed by atoms with Crippen molar-refractivity contribution in [2.45, 2.75) is 6.18 Å². The van der Waals surface area contributed by atoms with E-state index in [1.54, 1.807) is 0 Å². The lowest BCUT2D eigenvalue weighted by atomic mass is 10.1. The van der Waals surface area contributed by atoms with Gasteiger partial charge in [0.25, 0.3) is 0 Å². The summed E-state index contributed by atoms with van der Waals surface area (Å²) in [4.78, 5) is 0. The zero-order chi connectivity index (χ0) is 11.6. The van der Waals surface area contributed by atoms with Gasteiger partial charge in [-0.3, -0.25) is 0 Å². The van der Waals surface area contributed by atoms with Crippen molar-refractivity contribution >= 4 is 21.8 Å². The van der Waals surface area contributed by atoms with Crippen molar-refractivity contribution in [3.8, 4) is 0 Å². The van der Waals surface area contributed by atoms with Crippen LogP contribution in [-0.2, 0) is 6.18 Å². The van der Waals surface area contributed by atoms with Crippen LogP contribution in [0.15, 0.2) is 27.8 Å². The fraction of sp³-hybridized carbons (Fsp3) is 0.125. The second-order valence-corrected chi connectivity index (χ2v) is 3.56. The molecule has 15 heavy (non-hydrogen) atoms. The summed E-state index contributed by atoms with van der Waals surface area (Å²) in [6.07, 6.45) is -4.44. The molecule has 3 nitrogen and oxygen atoms in total. The van der Waals surface area contributed by atoms with Crippen LogP contribution in [0.25, 0.3) is 0 Å². The summed E-state index contributed by atoms with van der Waals surface area (Å²) in [5.41, 5.74) is 4.62. The van der Waals surface area contributed by atoms with Crippen LogP contribution < -0.4 is 11.6 Å². The van der Waals surface area contributed by atoms with E-state index in [4.69, 9.17) is 11.6 Å². The van der Waals surface area contributed by atoms with E-state index in [0.29, 0.717) is 0 Å². The third-order valence-corrected chi connectivity index (χ3v) is 2.40. The summed E-state index contributed by atoms with van der Waals surface area (Å²) >= 11 is 2.81. The topological polar surface area (TPSA) is 64.4 Å². The van der Waals surface area contributed by atoms with E-state index < -0.39 is 11.7 Å². The maximum atomic E-state index is 12.5. The molecule has 0 saturated carbocycles. The molecular formula is C8H7BrF3N3. The molecule has 82 valence electrons. The van der Waals surface area contributed by atoms with Crippen LogP contribution in [0.5, 0.6) is 0 Å². The van der Waals surface area contributed by atoms with E-state index in [-0.39, 0.29) is 15.9 Å². The normalized spacial score (nSPS) is 12.9. The molecule has 0 unspecified atom stereocenters. The summed E-state index contributed by atoms with van der Waals surface area (Å²) in [7, 11) is 0. The summed E-state index contributed by atoms with van der Waals surface area (Å²) < 4.78 is 37.3. The lowest BCUT2D eigenvalue weighted by Gasteiger charge is -2.10. The standard InChI is InChI=1S/C8H7BrF3N3/c9-6-2-1-4(7(13)15-14)3-5(6)8(10,11)12/h1-3H,14H2,(H2,13,15). The van der Waals surface area contributed by atoms with Gasteiger partial charge in [-0.1, -0.05) is 22.0 Å². The van der Waals surface area contributed by atoms with Crippen LogP contribution in [0, 0.1) is 0 Å². The SMILES string of the molecule is N/N=C(/N)c1ccc(Br)c(C(F)(F)F)c1. The van der Waals surface area contributed by atoms with Crippen LogP contribution in [0.2, 0.25) is 0 Å². The Bertz CT molecular complexity index is 401. The first kappa shape index (κ1) is 11.8. The predicted molar refractivity (Wildman–Crippen MR) is 54.1 cm³/mol. The molecule has 0 radical (unpaired) electrons. The number of halogens is 4. The Morgan fingerprint density at radius 3 is 2.40 bits per heavy atom. The van der Waals surface area contributed by atoms with Gasteiger partial charge in [-0.15, -0.1) is 0 Å². The molecule has 0 amide bonds. The van der Waals surface area contributed by atoms with Crippen molar-refractivity contribution in [3.05, 3.63) is 33.8 Å². The average molecular weight is 282 g/mol. The molecule has 0 aromatic heterocycles. The number of hydrogen-bond donors (Lipinski definition) is 2. The minimum Gasteiger partial charge on any atom is -0.382 e. The smallest absolute Gasteiger partial charge is 0.382 e. The van der Waals surface area contributed by atoms with E-state index >= 15 is 0 Å². The largest absolute Gasteiger partial charge is 0.417 e. The highest BCUT2D eigenvalue weighted by atomic mass is 79.9. The van der Waals surface area contributed by atoms with Crippen molar-refractivity contribution in [2.75, 3.05) is 0 Å². The number of hydrazone groups is 1. The Labute approximate surface area is 92.1 Å². The minimum atomic E-state index is -4.44. The molecule has 0 spiro atoms. The third-order valence-electron chi connectivity index (χ3n) is 1.71. The van der Waals surface area contributed by atoms with E-state index in [0.717, 1.165) is 6.07 Å². The molecule has 0 fully saturated rings. The number of amidine groups is 1. The van der Waals surface area contributed by atoms with Gasteiger partial charge in [0.2, 0.25) is 0 Å². The minimum absolute atomic E-state index is 0.0522. The molecule has 0 atom stereocenters. The number of nitrogens with two attached hydrogens (primary N) is 2. The molecule has 1 aromatic carbocycles. The van der Waals surface area contributed by atoms with Crippen molar-refractivity contribution in [2.24, 2.45) is 16.7 Å². The molecular weight excluding hydrogens is 275 g/mol. The van der Waals surface area contributed by atoms with Gasteiger partial charge < -0.3 is 11.6 Å². The van der Waals surface area contributed by atoms with Crippen LogP contribution in [0.3, 0.4) is 0 Å². The lowest BCUT2D eigenvalue weighted by Crippen LogP contribution is -2.17. The summed E-state index contributed by atoms with van der Waals surface area (Å²) in [5.74, 6) is 4.73. The van der Waals surface area contributed by atoms with Crippen LogP contribution >= 0.6 is 15.9 Å². The van der Waals surface area contributed by atoms with E-state index in [1.165, 1.54) is 12.1 Å².